The predicted molar refractivity (Wildman–Crippen MR) is 97.3 cm³/mol. The molecule has 2 aliphatic rings. The lowest BCUT2D eigenvalue weighted by Gasteiger charge is -2.34. The van der Waals surface area contributed by atoms with Gasteiger partial charge in [-0.2, -0.15) is 0 Å². The number of nitrogens with zero attached hydrogens (tertiary/aromatic N) is 2. The summed E-state index contributed by atoms with van der Waals surface area (Å²) >= 11 is 0. The summed E-state index contributed by atoms with van der Waals surface area (Å²) in [6.45, 7) is 0. The van der Waals surface area contributed by atoms with Gasteiger partial charge in [0.25, 0.3) is 0 Å². The van der Waals surface area contributed by atoms with E-state index in [2.05, 4.69) is 27.4 Å². The van der Waals surface area contributed by atoms with Gasteiger partial charge >= 0.3 is 0 Å². The predicted octanol–water partition coefficient (Wildman–Crippen LogP) is 4.19. The van der Waals surface area contributed by atoms with Crippen LogP contribution >= 0.6 is 0 Å². The van der Waals surface area contributed by atoms with Crippen molar-refractivity contribution >= 4 is 22.4 Å². The van der Waals surface area contributed by atoms with E-state index in [9.17, 15) is 4.79 Å². The number of Topliss-reactive ketones (excluding diaryl/α,β-unsaturated/α-hetero) is 1. The van der Waals surface area contributed by atoms with Gasteiger partial charge in [-0.25, -0.2) is 0 Å². The van der Waals surface area contributed by atoms with Crippen molar-refractivity contribution < 1.29 is 4.79 Å². The third kappa shape index (κ3) is 2.18. The fourth-order valence-corrected chi connectivity index (χ4v) is 4.07. The van der Waals surface area contributed by atoms with E-state index in [0.29, 0.717) is 6.42 Å². The zero-order chi connectivity index (χ0) is 16.8. The topological polar surface area (TPSA) is 54.9 Å². The molecule has 1 aliphatic carbocycles. The van der Waals surface area contributed by atoms with Crippen molar-refractivity contribution in [3.05, 3.63) is 77.4 Å². The van der Waals surface area contributed by atoms with Crippen LogP contribution in [0.4, 0.5) is 5.69 Å². The lowest BCUT2D eigenvalue weighted by Crippen LogP contribution is -2.27. The summed E-state index contributed by atoms with van der Waals surface area (Å²) in [6.07, 6.45) is 6.03. The number of fused-ring (bicyclic) bond motifs is 3. The lowest BCUT2D eigenvalue weighted by molar-refractivity contribution is -0.116. The number of ketones is 1. The van der Waals surface area contributed by atoms with Crippen molar-refractivity contribution in [2.45, 2.75) is 25.2 Å². The van der Waals surface area contributed by atoms with Crippen LogP contribution in [-0.4, -0.2) is 15.8 Å². The van der Waals surface area contributed by atoms with Crippen LogP contribution in [0.25, 0.3) is 10.9 Å². The molecule has 25 heavy (non-hydrogen) atoms. The van der Waals surface area contributed by atoms with E-state index < -0.39 is 0 Å². The Labute approximate surface area is 145 Å². The highest BCUT2D eigenvalue weighted by atomic mass is 16.1. The normalized spacial score (nSPS) is 19.4. The second-order valence-electron chi connectivity index (χ2n) is 6.58. The molecule has 0 amide bonds. The Morgan fingerprint density at radius 3 is 2.76 bits per heavy atom. The van der Waals surface area contributed by atoms with Crippen LogP contribution in [0.2, 0.25) is 0 Å². The number of hydrogen-bond donors (Lipinski definition) is 1. The molecule has 3 heterocycles. The molecule has 3 aromatic rings. The van der Waals surface area contributed by atoms with Gasteiger partial charge in [-0.1, -0.05) is 12.1 Å². The molecule has 0 fully saturated rings. The number of allylic oxidation sites excluding steroid dienone is 2. The average Bonchev–Trinajstić information content (AvgIpc) is 2.67. The van der Waals surface area contributed by atoms with E-state index in [1.807, 2.05) is 30.3 Å². The molecule has 0 radical (unpaired) electrons. The van der Waals surface area contributed by atoms with Crippen LogP contribution in [0.15, 0.2) is 66.1 Å². The Bertz CT molecular complexity index is 1020. The Kier molecular flexibility index (Phi) is 3.17. The van der Waals surface area contributed by atoms with Crippen molar-refractivity contribution in [2.24, 2.45) is 0 Å². The lowest BCUT2D eigenvalue weighted by atomic mass is 9.76. The molecule has 2 aromatic heterocycles. The quantitative estimate of drug-likeness (QED) is 0.728. The van der Waals surface area contributed by atoms with Crippen molar-refractivity contribution in [1.29, 1.82) is 0 Å². The summed E-state index contributed by atoms with van der Waals surface area (Å²) in [7, 11) is 0. The standard InChI is InChI=1S/C21H17N3O/c25-18-8-3-7-16-20(18)21(15-6-1-2-11-23-15)19-13-5-4-12-22-14(13)9-10-17(19)24-16/h1-2,4-6,9-12,21,24H,3,7-8H2. The maximum Gasteiger partial charge on any atom is 0.161 e. The molecule has 1 aromatic carbocycles. The third-order valence-electron chi connectivity index (χ3n) is 5.13. The molecule has 1 unspecified atom stereocenters. The molecule has 0 saturated carbocycles. The monoisotopic (exact) mass is 327 g/mol. The molecule has 4 heteroatoms. The molecule has 1 atom stereocenters. The highest BCUT2D eigenvalue weighted by molar-refractivity contribution is 6.03. The number of nitrogens with one attached hydrogen (secondary N) is 1. The van der Waals surface area contributed by atoms with Crippen LogP contribution in [0.1, 0.15) is 36.4 Å². The molecular weight excluding hydrogens is 310 g/mol. The molecule has 122 valence electrons. The Morgan fingerprint density at radius 2 is 1.88 bits per heavy atom. The van der Waals surface area contributed by atoms with Crippen LogP contribution in [-0.2, 0) is 4.79 Å². The first-order valence-corrected chi connectivity index (χ1v) is 8.65. The first-order valence-electron chi connectivity index (χ1n) is 8.65. The zero-order valence-electron chi connectivity index (χ0n) is 13.7. The van der Waals surface area contributed by atoms with E-state index in [1.54, 1.807) is 12.4 Å². The molecule has 0 spiro atoms. The minimum atomic E-state index is -0.131. The first kappa shape index (κ1) is 14.3. The number of anilines is 1. The number of benzene rings is 1. The fourth-order valence-electron chi connectivity index (χ4n) is 4.07. The Balaban J connectivity index is 1.85. The van der Waals surface area contributed by atoms with Crippen molar-refractivity contribution in [3.8, 4) is 0 Å². The van der Waals surface area contributed by atoms with E-state index in [1.165, 1.54) is 0 Å². The summed E-state index contributed by atoms with van der Waals surface area (Å²) in [5.74, 6) is 0.101. The number of aromatic nitrogens is 2. The molecule has 4 nitrogen and oxygen atoms in total. The van der Waals surface area contributed by atoms with Gasteiger partial charge < -0.3 is 5.32 Å². The number of carbonyl (C=O) groups is 1. The van der Waals surface area contributed by atoms with Crippen LogP contribution in [0, 0.1) is 0 Å². The first-order chi connectivity index (χ1) is 12.3. The highest BCUT2D eigenvalue weighted by Crippen LogP contribution is 2.47. The molecular formula is C21H17N3O. The van der Waals surface area contributed by atoms with Crippen molar-refractivity contribution in [3.63, 3.8) is 0 Å². The van der Waals surface area contributed by atoms with Crippen LogP contribution in [0.3, 0.4) is 0 Å². The van der Waals surface area contributed by atoms with Gasteiger partial charge in [0.1, 0.15) is 0 Å². The number of carbonyl (C=O) groups excluding carboxylic acids is 1. The van der Waals surface area contributed by atoms with E-state index in [4.69, 9.17) is 0 Å². The molecule has 0 bridgehead atoms. The smallest absolute Gasteiger partial charge is 0.161 e. The SMILES string of the molecule is O=C1CCCC2=C1C(c1ccccn1)c1c(ccc3ncccc13)N2. The maximum absolute atomic E-state index is 12.8. The summed E-state index contributed by atoms with van der Waals surface area (Å²) in [5.41, 5.74) is 5.97. The number of hydrogen-bond acceptors (Lipinski definition) is 4. The van der Waals surface area contributed by atoms with Crippen LogP contribution < -0.4 is 5.32 Å². The second kappa shape index (κ2) is 5.52. The molecule has 0 saturated heterocycles. The van der Waals surface area contributed by atoms with Gasteiger partial charge in [-0.15, -0.1) is 0 Å². The molecule has 1 N–H and O–H groups in total. The van der Waals surface area contributed by atoms with E-state index in [0.717, 1.165) is 52.0 Å². The zero-order valence-corrected chi connectivity index (χ0v) is 13.7. The molecule has 5 rings (SSSR count). The van der Waals surface area contributed by atoms with Crippen molar-refractivity contribution in [2.75, 3.05) is 5.32 Å². The average molecular weight is 327 g/mol. The summed E-state index contributed by atoms with van der Waals surface area (Å²) in [6, 6.07) is 14.1. The summed E-state index contributed by atoms with van der Waals surface area (Å²) < 4.78 is 0. The van der Waals surface area contributed by atoms with E-state index >= 15 is 0 Å². The minimum Gasteiger partial charge on any atom is -0.358 e. The van der Waals surface area contributed by atoms with Gasteiger partial charge in [0.2, 0.25) is 0 Å². The Hall–Kier alpha value is -3.01. The Morgan fingerprint density at radius 1 is 0.960 bits per heavy atom. The van der Waals surface area contributed by atoms with Gasteiger partial charge in [0.15, 0.2) is 5.78 Å². The minimum absolute atomic E-state index is 0.131. The van der Waals surface area contributed by atoms with Gasteiger partial charge in [-0.3, -0.25) is 14.8 Å². The van der Waals surface area contributed by atoms with Crippen molar-refractivity contribution in [1.82, 2.24) is 9.97 Å². The maximum atomic E-state index is 12.8. The molecule has 1 aliphatic heterocycles. The van der Waals surface area contributed by atoms with E-state index in [-0.39, 0.29) is 11.7 Å². The number of rotatable bonds is 1. The van der Waals surface area contributed by atoms with Crippen LogP contribution in [0.5, 0.6) is 0 Å². The summed E-state index contributed by atoms with van der Waals surface area (Å²) in [5, 5.41) is 4.60. The second-order valence-corrected chi connectivity index (χ2v) is 6.58. The van der Waals surface area contributed by atoms with Gasteiger partial charge in [0.05, 0.1) is 17.1 Å². The summed E-state index contributed by atoms with van der Waals surface area (Å²) in [4.78, 5) is 21.9. The highest BCUT2D eigenvalue weighted by Gasteiger charge is 2.36. The van der Waals surface area contributed by atoms with Gasteiger partial charge in [0, 0.05) is 41.2 Å². The third-order valence-corrected chi connectivity index (χ3v) is 5.13. The van der Waals surface area contributed by atoms with Gasteiger partial charge in [-0.05, 0) is 48.7 Å². The number of pyridine rings is 2. The fraction of sp³-hybridized carbons (Fsp3) is 0.190. The largest absolute Gasteiger partial charge is 0.358 e.